The zero-order valence-electron chi connectivity index (χ0n) is 12.3. The molecule has 0 spiro atoms. The molecule has 0 aromatic heterocycles. The summed E-state index contributed by atoms with van der Waals surface area (Å²) in [6.07, 6.45) is 2.80. The van der Waals surface area contributed by atoms with Crippen LogP contribution in [-0.4, -0.2) is 36.0 Å². The molecular formula is C15H23NO3S. The van der Waals surface area contributed by atoms with Crippen molar-refractivity contribution in [2.24, 2.45) is 0 Å². The third-order valence-electron chi connectivity index (χ3n) is 4.17. The van der Waals surface area contributed by atoms with Crippen molar-refractivity contribution in [1.29, 1.82) is 0 Å². The van der Waals surface area contributed by atoms with Crippen LogP contribution in [0.1, 0.15) is 38.7 Å². The van der Waals surface area contributed by atoms with E-state index >= 15 is 0 Å². The van der Waals surface area contributed by atoms with Crippen LogP contribution in [-0.2, 0) is 10.0 Å². The number of benzene rings is 1. The summed E-state index contributed by atoms with van der Waals surface area (Å²) >= 11 is 0. The lowest BCUT2D eigenvalue weighted by atomic mass is 10.0. The van der Waals surface area contributed by atoms with Crippen molar-refractivity contribution < 1.29 is 13.5 Å². The molecule has 1 aromatic rings. The van der Waals surface area contributed by atoms with Crippen molar-refractivity contribution in [3.63, 3.8) is 0 Å². The maximum atomic E-state index is 12.7. The van der Waals surface area contributed by atoms with E-state index in [1.54, 1.807) is 24.3 Å². The van der Waals surface area contributed by atoms with E-state index in [1.807, 2.05) is 13.8 Å². The lowest BCUT2D eigenvalue weighted by Gasteiger charge is -2.10. The molecule has 1 N–H and O–H groups in total. The van der Waals surface area contributed by atoms with Crippen LogP contribution in [0.3, 0.4) is 0 Å². The summed E-state index contributed by atoms with van der Waals surface area (Å²) in [5.74, 6) is 0. The van der Waals surface area contributed by atoms with Crippen molar-refractivity contribution in [2.45, 2.75) is 56.5 Å². The van der Waals surface area contributed by atoms with Gasteiger partial charge in [0.2, 0.25) is 10.0 Å². The first-order valence-electron chi connectivity index (χ1n) is 7.10. The highest BCUT2D eigenvalue weighted by Gasteiger charge is 2.64. The van der Waals surface area contributed by atoms with Gasteiger partial charge in [0, 0.05) is 6.04 Å². The molecule has 112 valence electrons. The monoisotopic (exact) mass is 297 g/mol. The van der Waals surface area contributed by atoms with Crippen LogP contribution in [0.15, 0.2) is 29.2 Å². The molecule has 0 aliphatic carbocycles. The lowest BCUT2D eigenvalue weighted by Crippen LogP contribution is -2.24. The van der Waals surface area contributed by atoms with Crippen molar-refractivity contribution in [3.8, 4) is 0 Å². The molecule has 1 saturated heterocycles. The van der Waals surface area contributed by atoms with Gasteiger partial charge in [-0.1, -0.05) is 37.5 Å². The number of aryl methyl sites for hydroxylation is 1. The van der Waals surface area contributed by atoms with E-state index in [4.69, 9.17) is 0 Å². The Labute approximate surface area is 121 Å². The van der Waals surface area contributed by atoms with Crippen molar-refractivity contribution in [3.05, 3.63) is 29.8 Å². The van der Waals surface area contributed by atoms with E-state index in [0.717, 1.165) is 24.8 Å². The van der Waals surface area contributed by atoms with Crippen LogP contribution >= 0.6 is 0 Å². The smallest absolute Gasteiger partial charge is 0.244 e. The summed E-state index contributed by atoms with van der Waals surface area (Å²) in [6.45, 7) is 5.69. The van der Waals surface area contributed by atoms with Gasteiger partial charge >= 0.3 is 0 Å². The van der Waals surface area contributed by atoms with Gasteiger partial charge in [0.1, 0.15) is 0 Å². The zero-order valence-corrected chi connectivity index (χ0v) is 13.2. The minimum atomic E-state index is -3.51. The van der Waals surface area contributed by atoms with Crippen LogP contribution < -0.4 is 0 Å². The van der Waals surface area contributed by atoms with Gasteiger partial charge in [-0.05, 0) is 32.4 Å². The molecule has 4 nitrogen and oxygen atoms in total. The molecule has 1 aromatic carbocycles. The van der Waals surface area contributed by atoms with E-state index in [1.165, 1.54) is 4.31 Å². The summed E-state index contributed by atoms with van der Waals surface area (Å²) in [7, 11) is -3.51. The standard InChI is InChI=1S/C15H23NO3S/c1-4-5-6-14-15(3,11-17)16(14)20(18,19)13-9-7-12(2)8-10-13/h7-10,14,17H,4-6,11H2,1-3H3/t14-,15-,16?/m1/s1. The Balaban J connectivity index is 2.27. The Morgan fingerprint density at radius 2 is 1.90 bits per heavy atom. The summed E-state index contributed by atoms with van der Waals surface area (Å²) in [4.78, 5) is 0.307. The molecule has 0 saturated carbocycles. The number of unbranched alkanes of at least 4 members (excludes halogenated alkanes) is 1. The van der Waals surface area contributed by atoms with E-state index < -0.39 is 15.6 Å². The molecule has 20 heavy (non-hydrogen) atoms. The summed E-state index contributed by atoms with van der Waals surface area (Å²) in [5.41, 5.74) is 0.390. The maximum Gasteiger partial charge on any atom is 0.244 e. The normalized spacial score (nSPS) is 29.4. The van der Waals surface area contributed by atoms with Gasteiger partial charge in [-0.25, -0.2) is 8.42 Å². The second-order valence-electron chi connectivity index (χ2n) is 5.79. The maximum absolute atomic E-state index is 12.7. The first-order valence-corrected chi connectivity index (χ1v) is 8.54. The van der Waals surface area contributed by atoms with Crippen LogP contribution in [0.5, 0.6) is 0 Å². The quantitative estimate of drug-likeness (QED) is 0.820. The molecule has 1 unspecified atom stereocenters. The molecular weight excluding hydrogens is 274 g/mol. The Morgan fingerprint density at radius 1 is 1.30 bits per heavy atom. The third kappa shape index (κ3) is 2.50. The molecule has 2 rings (SSSR count). The molecule has 0 bridgehead atoms. The number of aliphatic hydroxyl groups is 1. The van der Waals surface area contributed by atoms with Gasteiger partial charge in [-0.3, -0.25) is 0 Å². The highest BCUT2D eigenvalue weighted by Crippen LogP contribution is 2.47. The van der Waals surface area contributed by atoms with Crippen molar-refractivity contribution in [1.82, 2.24) is 4.31 Å². The number of hydrogen-bond donors (Lipinski definition) is 1. The van der Waals surface area contributed by atoms with Crippen LogP contribution in [0, 0.1) is 6.92 Å². The largest absolute Gasteiger partial charge is 0.394 e. The van der Waals surface area contributed by atoms with Gasteiger partial charge in [0.05, 0.1) is 17.0 Å². The Bertz CT molecular complexity index is 567. The number of hydrogen-bond acceptors (Lipinski definition) is 3. The Kier molecular flexibility index (Phi) is 4.23. The highest BCUT2D eigenvalue weighted by atomic mass is 32.2. The van der Waals surface area contributed by atoms with E-state index in [9.17, 15) is 13.5 Å². The molecule has 1 aliphatic rings. The molecule has 1 heterocycles. The summed E-state index contributed by atoms with van der Waals surface area (Å²) in [6, 6.07) is 6.79. The van der Waals surface area contributed by atoms with Crippen molar-refractivity contribution in [2.75, 3.05) is 6.61 Å². The van der Waals surface area contributed by atoms with Gasteiger partial charge < -0.3 is 5.11 Å². The first-order chi connectivity index (χ1) is 9.37. The predicted molar refractivity (Wildman–Crippen MR) is 79.0 cm³/mol. The van der Waals surface area contributed by atoms with Crippen LogP contribution in [0.4, 0.5) is 0 Å². The summed E-state index contributed by atoms with van der Waals surface area (Å²) in [5, 5.41) is 9.55. The number of sulfonamides is 1. The Morgan fingerprint density at radius 3 is 2.40 bits per heavy atom. The SMILES string of the molecule is CCCC[C@H]1N(S(=O)(=O)c2ccc(C)cc2)[C@]1(C)CO. The van der Waals surface area contributed by atoms with Gasteiger partial charge in [0.15, 0.2) is 0 Å². The van der Waals surface area contributed by atoms with Crippen LogP contribution in [0.2, 0.25) is 0 Å². The average Bonchev–Trinajstić information content (AvgIpc) is 3.03. The fourth-order valence-electron chi connectivity index (χ4n) is 2.74. The molecule has 1 aliphatic heterocycles. The summed E-state index contributed by atoms with van der Waals surface area (Å²) < 4.78 is 26.8. The lowest BCUT2D eigenvalue weighted by molar-refractivity contribution is 0.242. The number of nitrogens with zero attached hydrogens (tertiary/aromatic N) is 1. The van der Waals surface area contributed by atoms with Gasteiger partial charge in [-0.2, -0.15) is 4.31 Å². The topological polar surface area (TPSA) is 57.4 Å². The predicted octanol–water partition coefficient (Wildman–Crippen LogP) is 2.31. The van der Waals surface area contributed by atoms with E-state index in [-0.39, 0.29) is 12.6 Å². The fraction of sp³-hybridized carbons (Fsp3) is 0.600. The minimum absolute atomic E-state index is 0.0845. The average molecular weight is 297 g/mol. The van der Waals surface area contributed by atoms with E-state index in [0.29, 0.717) is 4.90 Å². The first kappa shape index (κ1) is 15.5. The second kappa shape index (κ2) is 5.47. The third-order valence-corrected chi connectivity index (χ3v) is 6.22. The Hall–Kier alpha value is -0.910. The molecule has 3 atom stereocenters. The van der Waals surface area contributed by atoms with E-state index in [2.05, 4.69) is 6.92 Å². The molecule has 0 radical (unpaired) electrons. The zero-order chi connectivity index (χ0) is 15.0. The van der Waals surface area contributed by atoms with Gasteiger partial charge in [-0.15, -0.1) is 0 Å². The van der Waals surface area contributed by atoms with Gasteiger partial charge in [0.25, 0.3) is 0 Å². The molecule has 0 amide bonds. The number of aliphatic hydroxyl groups excluding tert-OH is 1. The molecule has 5 heteroatoms. The fourth-order valence-corrected chi connectivity index (χ4v) is 4.79. The molecule has 1 fully saturated rings. The minimum Gasteiger partial charge on any atom is -0.394 e. The highest BCUT2D eigenvalue weighted by molar-refractivity contribution is 7.89. The number of rotatable bonds is 6. The van der Waals surface area contributed by atoms with Crippen LogP contribution in [0.25, 0.3) is 0 Å². The van der Waals surface area contributed by atoms with Crippen molar-refractivity contribution >= 4 is 10.0 Å². The second-order valence-corrected chi connectivity index (χ2v) is 7.60.